The van der Waals surface area contributed by atoms with Crippen LogP contribution in [0, 0.1) is 0 Å². The molecule has 0 saturated carbocycles. The van der Waals surface area contributed by atoms with E-state index in [-0.39, 0.29) is 0 Å². The maximum atomic E-state index is 8.06. The highest BCUT2D eigenvalue weighted by Gasteiger charge is 2.03. The summed E-state index contributed by atoms with van der Waals surface area (Å²) in [6.45, 7) is 1.36. The third kappa shape index (κ3) is 2.21. The lowest BCUT2D eigenvalue weighted by atomic mass is 10.1. The van der Waals surface area contributed by atoms with Crippen LogP contribution in [0.5, 0.6) is 0 Å². The van der Waals surface area contributed by atoms with Gasteiger partial charge in [0.25, 0.3) is 0 Å². The molecule has 2 heteroatoms. The van der Waals surface area contributed by atoms with Crippen molar-refractivity contribution < 1.29 is 2.74 Å². The quantitative estimate of drug-likeness (QED) is 0.811. The van der Waals surface area contributed by atoms with E-state index in [4.69, 9.17) is 2.74 Å². The lowest BCUT2D eigenvalue weighted by molar-refractivity contribution is 0.358. The van der Waals surface area contributed by atoms with Gasteiger partial charge < -0.3 is 9.88 Å². The van der Waals surface area contributed by atoms with E-state index in [9.17, 15) is 0 Å². The first kappa shape index (κ1) is 7.94. The van der Waals surface area contributed by atoms with Gasteiger partial charge in [-0.2, -0.15) is 0 Å². The summed E-state index contributed by atoms with van der Waals surface area (Å²) in [5.74, 6) is 0. The molecule has 0 aliphatic rings. The van der Waals surface area contributed by atoms with Gasteiger partial charge in [0.15, 0.2) is 0 Å². The number of hydrogen-bond donors (Lipinski definition) is 1. The van der Waals surface area contributed by atoms with E-state index in [1.165, 1.54) is 0 Å². The second-order valence-electron chi connectivity index (χ2n) is 3.71. The molecule has 80 valence electrons. The molecule has 1 aromatic carbocycles. The Kier molecular flexibility index (Phi) is 2.38. The summed E-state index contributed by atoms with van der Waals surface area (Å²) >= 11 is 0. The maximum absolute atomic E-state index is 8.06. The highest BCUT2D eigenvalue weighted by atomic mass is 15.1. The van der Waals surface area contributed by atoms with Gasteiger partial charge in [0.1, 0.15) is 0 Å². The van der Waals surface area contributed by atoms with Gasteiger partial charge in [0, 0.05) is 26.3 Å². The second-order valence-corrected chi connectivity index (χ2v) is 3.71. The van der Waals surface area contributed by atoms with Crippen LogP contribution in [0.1, 0.15) is 15.2 Å². The summed E-state index contributed by atoms with van der Waals surface area (Å²) < 4.78 is 16.1. The Morgan fingerprint density at radius 3 is 3.00 bits per heavy atom. The van der Waals surface area contributed by atoms with Gasteiger partial charge >= 0.3 is 0 Å². The number of rotatable bonds is 4. The zero-order valence-electron chi connectivity index (χ0n) is 11.2. The first-order valence-electron chi connectivity index (χ1n) is 6.31. The molecule has 15 heavy (non-hydrogen) atoms. The monoisotopic (exact) mass is 204 g/mol. The molecule has 2 nitrogen and oxygen atoms in total. The molecule has 0 aliphatic heterocycles. The second kappa shape index (κ2) is 4.49. The predicted octanol–water partition coefficient (Wildman–Crippen LogP) is 2.66. The highest BCUT2D eigenvalue weighted by Crippen LogP contribution is 2.17. The van der Waals surface area contributed by atoms with Crippen LogP contribution in [0.4, 0.5) is 0 Å². The molecule has 0 spiro atoms. The van der Waals surface area contributed by atoms with Crippen molar-refractivity contribution in [2.24, 2.45) is 0 Å². The minimum Gasteiger partial charge on any atom is -0.361 e. The molecular formula is C13H18N2. The number of aromatic amines is 1. The molecule has 1 heterocycles. The van der Waals surface area contributed by atoms with E-state index in [2.05, 4.69) is 4.98 Å². The third-order valence-electron chi connectivity index (χ3n) is 2.69. The molecular weight excluding hydrogens is 184 g/mol. The Hall–Kier alpha value is -1.28. The van der Waals surface area contributed by atoms with Crippen LogP contribution in [0.15, 0.2) is 30.5 Å². The largest absolute Gasteiger partial charge is 0.361 e. The minimum atomic E-state index is -1.31. The Morgan fingerprint density at radius 2 is 2.20 bits per heavy atom. The zero-order valence-corrected chi connectivity index (χ0v) is 9.25. The van der Waals surface area contributed by atoms with Gasteiger partial charge in [-0.1, -0.05) is 25.1 Å². The highest BCUT2D eigenvalue weighted by molar-refractivity contribution is 5.83. The third-order valence-corrected chi connectivity index (χ3v) is 2.69. The van der Waals surface area contributed by atoms with E-state index in [0.29, 0.717) is 13.0 Å². The Labute approximate surface area is 93.7 Å². The molecule has 2 rings (SSSR count). The van der Waals surface area contributed by atoms with E-state index >= 15 is 0 Å². The molecule has 0 unspecified atom stereocenters. The standard InChI is InChI=1S/C13H18N2/c1-3-15(2)9-8-11-10-14-13-7-5-4-6-12(11)13/h4-7,10,14H,3,8-9H2,1-2H3/i9D2. The van der Waals surface area contributed by atoms with Crippen LogP contribution in [0.25, 0.3) is 10.9 Å². The summed E-state index contributed by atoms with van der Waals surface area (Å²) in [4.78, 5) is 4.91. The minimum absolute atomic E-state index is 0.404. The average Bonchev–Trinajstić information content (AvgIpc) is 2.71. The lowest BCUT2D eigenvalue weighted by Gasteiger charge is -2.12. The number of benzene rings is 1. The molecule has 0 fully saturated rings. The molecule has 0 aliphatic carbocycles. The molecule has 0 amide bonds. The van der Waals surface area contributed by atoms with Crippen molar-refractivity contribution in [1.82, 2.24) is 9.88 Å². The van der Waals surface area contributed by atoms with Gasteiger partial charge in [-0.3, -0.25) is 0 Å². The van der Waals surface area contributed by atoms with Crippen LogP contribution in [-0.4, -0.2) is 30.0 Å². The van der Waals surface area contributed by atoms with Crippen LogP contribution < -0.4 is 0 Å². The maximum Gasteiger partial charge on any atom is 0.0456 e. The Bertz CT molecular complexity index is 505. The zero-order chi connectivity index (χ0) is 12.5. The average molecular weight is 204 g/mol. The van der Waals surface area contributed by atoms with Crippen LogP contribution >= 0.6 is 0 Å². The summed E-state index contributed by atoms with van der Waals surface area (Å²) in [5, 5.41) is 1.11. The van der Waals surface area contributed by atoms with Crippen LogP contribution in [0.3, 0.4) is 0 Å². The normalized spacial score (nSPS) is 14.3. The molecule has 0 saturated heterocycles. The van der Waals surface area contributed by atoms with Crippen molar-refractivity contribution in [1.29, 1.82) is 0 Å². The number of aromatic nitrogens is 1. The fourth-order valence-electron chi connectivity index (χ4n) is 1.61. The number of hydrogen-bond acceptors (Lipinski definition) is 1. The van der Waals surface area contributed by atoms with Gasteiger partial charge in [-0.05, 0) is 31.6 Å². The van der Waals surface area contributed by atoms with Crippen LogP contribution in [0.2, 0.25) is 0 Å². The van der Waals surface area contributed by atoms with E-state index in [1.807, 2.05) is 44.4 Å². The molecule has 0 atom stereocenters. The number of aryl methyl sites for hydroxylation is 1. The number of fused-ring (bicyclic) bond motifs is 1. The number of para-hydroxylation sites is 1. The topological polar surface area (TPSA) is 19.0 Å². The number of H-pyrrole nitrogens is 1. The van der Waals surface area contributed by atoms with E-state index in [1.54, 1.807) is 4.90 Å². The number of nitrogens with one attached hydrogen (secondary N) is 1. The number of likely N-dealkylation sites (N-methyl/N-ethyl adjacent to an activating group) is 1. The summed E-state index contributed by atoms with van der Waals surface area (Å²) in [7, 11) is 1.81. The van der Waals surface area contributed by atoms with Crippen molar-refractivity contribution in [3.05, 3.63) is 36.0 Å². The van der Waals surface area contributed by atoms with E-state index in [0.717, 1.165) is 16.5 Å². The number of nitrogens with zero attached hydrogens (tertiary/aromatic N) is 1. The SMILES string of the molecule is [2H]C([2H])(Cc1c[nH]c2ccccc12)N(C)CC. The van der Waals surface area contributed by atoms with Gasteiger partial charge in [0.05, 0.1) is 0 Å². The molecule has 1 N–H and O–H groups in total. The fraction of sp³-hybridized carbons (Fsp3) is 0.385. The van der Waals surface area contributed by atoms with Crippen molar-refractivity contribution in [2.75, 3.05) is 20.1 Å². The first-order chi connectivity index (χ1) is 8.04. The Morgan fingerprint density at radius 1 is 1.40 bits per heavy atom. The summed E-state index contributed by atoms with van der Waals surface area (Å²) in [6.07, 6.45) is 2.31. The lowest BCUT2D eigenvalue weighted by Crippen LogP contribution is -2.20. The van der Waals surface area contributed by atoms with Gasteiger partial charge in [0.2, 0.25) is 0 Å². The van der Waals surface area contributed by atoms with Gasteiger partial charge in [-0.15, -0.1) is 0 Å². The fourth-order valence-corrected chi connectivity index (χ4v) is 1.61. The van der Waals surface area contributed by atoms with E-state index < -0.39 is 6.50 Å². The van der Waals surface area contributed by atoms with Crippen molar-refractivity contribution in [3.63, 3.8) is 0 Å². The summed E-state index contributed by atoms with van der Waals surface area (Å²) in [6, 6.07) is 8.01. The predicted molar refractivity (Wildman–Crippen MR) is 65.2 cm³/mol. The summed E-state index contributed by atoms with van der Waals surface area (Å²) in [5.41, 5.74) is 2.10. The smallest absolute Gasteiger partial charge is 0.0456 e. The van der Waals surface area contributed by atoms with Crippen molar-refractivity contribution in [2.45, 2.75) is 13.3 Å². The Balaban J connectivity index is 2.30. The molecule has 1 aromatic heterocycles. The van der Waals surface area contributed by atoms with Crippen molar-refractivity contribution in [3.8, 4) is 0 Å². The molecule has 0 radical (unpaired) electrons. The van der Waals surface area contributed by atoms with Gasteiger partial charge in [-0.25, -0.2) is 0 Å². The van der Waals surface area contributed by atoms with Crippen molar-refractivity contribution >= 4 is 10.9 Å². The molecule has 0 bridgehead atoms. The van der Waals surface area contributed by atoms with Crippen LogP contribution in [-0.2, 0) is 6.42 Å². The molecule has 2 aromatic rings. The first-order valence-corrected chi connectivity index (χ1v) is 5.31.